The van der Waals surface area contributed by atoms with Crippen molar-refractivity contribution in [2.45, 2.75) is 12.5 Å². The van der Waals surface area contributed by atoms with E-state index in [1.165, 1.54) is 0 Å². The maximum absolute atomic E-state index is 13.4. The third-order valence-corrected chi connectivity index (χ3v) is 7.28. The van der Waals surface area contributed by atoms with Gasteiger partial charge in [0.1, 0.15) is 0 Å². The van der Waals surface area contributed by atoms with Crippen molar-refractivity contribution < 1.29 is 9.59 Å². The maximum atomic E-state index is 13.4. The van der Waals surface area contributed by atoms with E-state index in [-0.39, 0.29) is 37.2 Å². The Hall–Kier alpha value is -2.31. The SMILES string of the molecule is Cl.N[C@@H](Cc1ccccc1)C(=O)N1CC(=Cc2ccc(Cl)c(Cl)c2)C(=O)C(=Cc2ccc(Cl)c(Cl)c2)C1. The average Bonchev–Trinajstić information content (AvgIpc) is 2.86. The summed E-state index contributed by atoms with van der Waals surface area (Å²) in [5, 5.41) is 1.58. The molecular formula is C28H23Cl5N2O2. The number of carbonyl (C=O) groups is 2. The summed E-state index contributed by atoms with van der Waals surface area (Å²) in [7, 11) is 0. The Morgan fingerprint density at radius 3 is 1.76 bits per heavy atom. The second kappa shape index (κ2) is 13.0. The molecule has 9 heteroatoms. The average molecular weight is 597 g/mol. The first-order valence-electron chi connectivity index (χ1n) is 11.2. The van der Waals surface area contributed by atoms with E-state index in [0.717, 1.165) is 5.56 Å². The highest BCUT2D eigenvalue weighted by atomic mass is 35.5. The number of hydrogen-bond acceptors (Lipinski definition) is 3. The van der Waals surface area contributed by atoms with E-state index < -0.39 is 6.04 Å². The van der Waals surface area contributed by atoms with Gasteiger partial charge in [-0.1, -0.05) is 88.9 Å². The number of nitrogens with zero attached hydrogens (tertiary/aromatic N) is 1. The highest BCUT2D eigenvalue weighted by Crippen LogP contribution is 2.28. The molecule has 4 rings (SSSR count). The van der Waals surface area contributed by atoms with E-state index in [4.69, 9.17) is 52.1 Å². The summed E-state index contributed by atoms with van der Waals surface area (Å²) in [5.41, 5.74) is 9.54. The van der Waals surface area contributed by atoms with Crippen molar-refractivity contribution in [1.82, 2.24) is 4.90 Å². The van der Waals surface area contributed by atoms with Gasteiger partial charge in [-0.25, -0.2) is 0 Å². The molecule has 1 atom stereocenters. The molecule has 0 radical (unpaired) electrons. The Bertz CT molecular complexity index is 1300. The number of hydrogen-bond donors (Lipinski definition) is 1. The second-order valence-corrected chi connectivity index (χ2v) is 10.1. The molecule has 4 nitrogen and oxygen atoms in total. The lowest BCUT2D eigenvalue weighted by molar-refractivity contribution is -0.132. The highest BCUT2D eigenvalue weighted by molar-refractivity contribution is 6.42. The first-order valence-corrected chi connectivity index (χ1v) is 12.7. The van der Waals surface area contributed by atoms with E-state index in [0.29, 0.717) is 48.8 Å². The minimum Gasteiger partial charge on any atom is -0.332 e. The van der Waals surface area contributed by atoms with E-state index in [2.05, 4.69) is 0 Å². The molecule has 37 heavy (non-hydrogen) atoms. The fourth-order valence-corrected chi connectivity index (χ4v) is 4.60. The van der Waals surface area contributed by atoms with E-state index in [1.54, 1.807) is 53.5 Å². The molecule has 0 aromatic heterocycles. The second-order valence-electron chi connectivity index (χ2n) is 8.51. The van der Waals surface area contributed by atoms with E-state index in [9.17, 15) is 9.59 Å². The fraction of sp³-hybridized carbons (Fsp3) is 0.143. The summed E-state index contributed by atoms with van der Waals surface area (Å²) in [6.07, 6.45) is 3.83. The number of Topliss-reactive ketones (excluding diaryl/α,β-unsaturated/α-hetero) is 1. The summed E-state index contributed by atoms with van der Waals surface area (Å²) in [6, 6.07) is 19.0. The van der Waals surface area contributed by atoms with Gasteiger partial charge in [-0.15, -0.1) is 12.4 Å². The van der Waals surface area contributed by atoms with Crippen LogP contribution < -0.4 is 5.73 Å². The summed E-state index contributed by atoms with van der Waals surface area (Å²) in [4.78, 5) is 28.4. The van der Waals surface area contributed by atoms with Crippen molar-refractivity contribution in [2.75, 3.05) is 13.1 Å². The van der Waals surface area contributed by atoms with Crippen LogP contribution in [0.5, 0.6) is 0 Å². The summed E-state index contributed by atoms with van der Waals surface area (Å²) < 4.78 is 0. The fourth-order valence-electron chi connectivity index (χ4n) is 3.99. The monoisotopic (exact) mass is 594 g/mol. The molecule has 0 aliphatic carbocycles. The van der Waals surface area contributed by atoms with Gasteiger partial charge in [-0.05, 0) is 59.5 Å². The highest BCUT2D eigenvalue weighted by Gasteiger charge is 2.31. The quantitative estimate of drug-likeness (QED) is 0.318. The molecule has 192 valence electrons. The normalized spacial score (nSPS) is 16.6. The lowest BCUT2D eigenvalue weighted by Crippen LogP contribution is -2.49. The third kappa shape index (κ3) is 7.38. The molecule has 1 amide bonds. The van der Waals surface area contributed by atoms with Crippen molar-refractivity contribution in [1.29, 1.82) is 0 Å². The number of amides is 1. The zero-order valence-electron chi connectivity index (χ0n) is 19.5. The van der Waals surface area contributed by atoms with Gasteiger partial charge in [0, 0.05) is 24.2 Å². The lowest BCUT2D eigenvalue weighted by Gasteiger charge is -2.32. The minimum absolute atomic E-state index is 0. The molecule has 2 N–H and O–H groups in total. The Labute approximate surface area is 242 Å². The Kier molecular flexibility index (Phi) is 10.3. The van der Waals surface area contributed by atoms with Crippen molar-refractivity contribution >= 4 is 82.7 Å². The number of piperidine rings is 1. The summed E-state index contributed by atoms with van der Waals surface area (Å²) >= 11 is 24.4. The van der Waals surface area contributed by atoms with Crippen LogP contribution in [0.3, 0.4) is 0 Å². The van der Waals surface area contributed by atoms with Gasteiger partial charge < -0.3 is 10.6 Å². The Morgan fingerprint density at radius 1 is 0.811 bits per heavy atom. The van der Waals surface area contributed by atoms with Gasteiger partial charge >= 0.3 is 0 Å². The predicted molar refractivity (Wildman–Crippen MR) is 156 cm³/mol. The first-order chi connectivity index (χ1) is 17.2. The van der Waals surface area contributed by atoms with Gasteiger partial charge in [0.2, 0.25) is 5.91 Å². The van der Waals surface area contributed by atoms with Crippen LogP contribution in [0.2, 0.25) is 20.1 Å². The molecule has 0 bridgehead atoms. The first kappa shape index (κ1) is 29.2. The molecular weight excluding hydrogens is 574 g/mol. The molecule has 3 aromatic carbocycles. The van der Waals surface area contributed by atoms with Crippen LogP contribution in [0.15, 0.2) is 77.9 Å². The van der Waals surface area contributed by atoms with Crippen molar-refractivity contribution in [2.24, 2.45) is 5.73 Å². The zero-order valence-corrected chi connectivity index (χ0v) is 23.3. The number of ketones is 1. The van der Waals surface area contributed by atoms with Gasteiger partial charge in [-0.2, -0.15) is 0 Å². The molecule has 1 aliphatic heterocycles. The largest absolute Gasteiger partial charge is 0.332 e. The van der Waals surface area contributed by atoms with Crippen LogP contribution in [0.25, 0.3) is 12.2 Å². The van der Waals surface area contributed by atoms with Crippen LogP contribution >= 0.6 is 58.8 Å². The summed E-state index contributed by atoms with van der Waals surface area (Å²) in [5.74, 6) is -0.417. The number of benzene rings is 3. The third-order valence-electron chi connectivity index (χ3n) is 5.80. The van der Waals surface area contributed by atoms with Crippen LogP contribution in [0, 0.1) is 0 Å². The summed E-state index contributed by atoms with van der Waals surface area (Å²) in [6.45, 7) is 0.248. The zero-order chi connectivity index (χ0) is 25.8. The van der Waals surface area contributed by atoms with Crippen molar-refractivity contribution in [3.8, 4) is 0 Å². The standard InChI is InChI=1S/C28H22Cl4N2O2.ClH/c29-22-8-6-18(12-24(22)31)10-20-15-34(28(36)26(33)14-17-4-2-1-3-5-17)16-21(27(20)35)11-19-7-9-23(30)25(32)13-19;/h1-13,26H,14-16,33H2;1H/t26-;/m0./s1. The maximum Gasteiger partial charge on any atom is 0.240 e. The number of likely N-dealkylation sites (tertiary alicyclic amines) is 1. The number of rotatable bonds is 5. The molecule has 0 spiro atoms. The topological polar surface area (TPSA) is 63.4 Å². The molecule has 3 aromatic rings. The molecule has 1 saturated heterocycles. The number of carbonyl (C=O) groups excluding carboxylic acids is 2. The van der Waals surface area contributed by atoms with Crippen molar-refractivity contribution in [3.63, 3.8) is 0 Å². The van der Waals surface area contributed by atoms with Gasteiger partial charge in [-0.3, -0.25) is 9.59 Å². The smallest absolute Gasteiger partial charge is 0.240 e. The minimum atomic E-state index is -0.752. The molecule has 1 heterocycles. The molecule has 0 unspecified atom stereocenters. The Morgan fingerprint density at radius 2 is 1.30 bits per heavy atom. The van der Waals surface area contributed by atoms with E-state index in [1.807, 2.05) is 30.3 Å². The molecule has 1 fully saturated rings. The number of nitrogens with two attached hydrogens (primary N) is 1. The molecule has 1 aliphatic rings. The Balaban J connectivity index is 0.00000380. The van der Waals surface area contributed by atoms with Gasteiger partial charge in [0.05, 0.1) is 26.1 Å². The lowest BCUT2D eigenvalue weighted by atomic mass is 9.93. The van der Waals surface area contributed by atoms with Crippen LogP contribution in [0.1, 0.15) is 16.7 Å². The van der Waals surface area contributed by atoms with Gasteiger partial charge in [0.25, 0.3) is 0 Å². The molecule has 0 saturated carbocycles. The van der Waals surface area contributed by atoms with E-state index >= 15 is 0 Å². The van der Waals surface area contributed by atoms with Crippen LogP contribution in [0.4, 0.5) is 0 Å². The van der Waals surface area contributed by atoms with Gasteiger partial charge in [0.15, 0.2) is 5.78 Å². The number of halogens is 5. The van der Waals surface area contributed by atoms with Crippen LogP contribution in [-0.4, -0.2) is 35.7 Å². The van der Waals surface area contributed by atoms with Crippen LogP contribution in [-0.2, 0) is 16.0 Å². The van der Waals surface area contributed by atoms with Crippen molar-refractivity contribution in [3.05, 3.63) is 115 Å². The predicted octanol–water partition coefficient (Wildman–Crippen LogP) is 7.17.